The molecule has 0 aliphatic heterocycles. The first-order valence-corrected chi connectivity index (χ1v) is 7.80. The van der Waals surface area contributed by atoms with Crippen LogP contribution in [0.1, 0.15) is 31.2 Å². The number of nitrogens with zero attached hydrogens (tertiary/aromatic N) is 3. The fourth-order valence-electron chi connectivity index (χ4n) is 1.38. The molecule has 0 radical (unpaired) electrons. The molecule has 2 aromatic heterocycles. The molecule has 0 saturated heterocycles. The van der Waals surface area contributed by atoms with Gasteiger partial charge in [0.05, 0.1) is 4.47 Å². The Morgan fingerprint density at radius 1 is 1.26 bits per heavy atom. The first-order valence-electron chi connectivity index (χ1n) is 5.81. The Kier molecular flexibility index (Phi) is 4.81. The van der Waals surface area contributed by atoms with Crippen LogP contribution in [0.4, 0.5) is 0 Å². The van der Waals surface area contributed by atoms with Gasteiger partial charge in [-0.05, 0) is 46.7 Å². The van der Waals surface area contributed by atoms with Gasteiger partial charge in [-0.25, -0.2) is 15.0 Å². The number of hydrogen-bond donors (Lipinski definition) is 0. The highest BCUT2D eigenvalue weighted by atomic mass is 79.9. The van der Waals surface area contributed by atoms with Gasteiger partial charge in [-0.1, -0.05) is 25.4 Å². The molecule has 2 aromatic rings. The SMILES string of the molecule is Cc1c(Cl)nc(C(C)C)nc1Sc1ncccc1Br. The van der Waals surface area contributed by atoms with Gasteiger partial charge in [-0.3, -0.25) is 0 Å². The molecule has 0 aliphatic carbocycles. The van der Waals surface area contributed by atoms with Crippen LogP contribution >= 0.6 is 39.3 Å². The van der Waals surface area contributed by atoms with Gasteiger partial charge in [-0.2, -0.15) is 0 Å². The molecule has 6 heteroatoms. The summed E-state index contributed by atoms with van der Waals surface area (Å²) in [6, 6.07) is 3.84. The van der Waals surface area contributed by atoms with Crippen LogP contribution < -0.4 is 0 Å². The monoisotopic (exact) mass is 357 g/mol. The van der Waals surface area contributed by atoms with Gasteiger partial charge in [-0.15, -0.1) is 0 Å². The van der Waals surface area contributed by atoms with Crippen molar-refractivity contribution in [1.82, 2.24) is 15.0 Å². The van der Waals surface area contributed by atoms with Gasteiger partial charge in [0.15, 0.2) is 0 Å². The normalized spacial score (nSPS) is 11.1. The standard InChI is InChI=1S/C13H13BrClN3S/c1-7(2)11-17-10(15)8(3)12(18-11)19-13-9(14)5-4-6-16-13/h4-7H,1-3H3. The molecule has 2 heterocycles. The van der Waals surface area contributed by atoms with Crippen LogP contribution in [0.3, 0.4) is 0 Å². The maximum Gasteiger partial charge on any atom is 0.136 e. The molecule has 0 atom stereocenters. The molecule has 0 N–H and O–H groups in total. The zero-order valence-electron chi connectivity index (χ0n) is 10.8. The maximum atomic E-state index is 6.17. The topological polar surface area (TPSA) is 38.7 Å². The lowest BCUT2D eigenvalue weighted by Crippen LogP contribution is -2.01. The molecule has 19 heavy (non-hydrogen) atoms. The van der Waals surface area contributed by atoms with Crippen LogP contribution in [0, 0.1) is 6.92 Å². The Morgan fingerprint density at radius 3 is 2.63 bits per heavy atom. The highest BCUT2D eigenvalue weighted by Crippen LogP contribution is 2.34. The Labute approximate surface area is 130 Å². The van der Waals surface area contributed by atoms with E-state index < -0.39 is 0 Å². The highest BCUT2D eigenvalue weighted by molar-refractivity contribution is 9.10. The van der Waals surface area contributed by atoms with Crippen molar-refractivity contribution in [2.24, 2.45) is 0 Å². The molecule has 0 unspecified atom stereocenters. The summed E-state index contributed by atoms with van der Waals surface area (Å²) in [5.41, 5.74) is 0.883. The van der Waals surface area contributed by atoms with Crippen molar-refractivity contribution in [2.75, 3.05) is 0 Å². The minimum absolute atomic E-state index is 0.240. The first-order chi connectivity index (χ1) is 8.99. The van der Waals surface area contributed by atoms with Crippen molar-refractivity contribution >= 4 is 39.3 Å². The average molecular weight is 359 g/mol. The summed E-state index contributed by atoms with van der Waals surface area (Å²) >= 11 is 11.2. The summed E-state index contributed by atoms with van der Waals surface area (Å²) in [7, 11) is 0. The molecule has 0 spiro atoms. The van der Waals surface area contributed by atoms with E-state index in [0.29, 0.717) is 5.15 Å². The molecule has 100 valence electrons. The van der Waals surface area contributed by atoms with E-state index >= 15 is 0 Å². The lowest BCUT2D eigenvalue weighted by molar-refractivity contribution is 0.747. The molecule has 0 fully saturated rings. The van der Waals surface area contributed by atoms with E-state index in [2.05, 4.69) is 30.9 Å². The van der Waals surface area contributed by atoms with Gasteiger partial charge in [0.1, 0.15) is 21.0 Å². The number of halogens is 2. The zero-order chi connectivity index (χ0) is 14.0. The second kappa shape index (κ2) is 6.20. The fourth-order valence-corrected chi connectivity index (χ4v) is 2.96. The third kappa shape index (κ3) is 3.46. The van der Waals surface area contributed by atoms with Crippen molar-refractivity contribution in [3.8, 4) is 0 Å². The van der Waals surface area contributed by atoms with Gasteiger partial charge in [0.2, 0.25) is 0 Å². The largest absolute Gasteiger partial charge is 0.248 e. The molecule has 0 bridgehead atoms. The molecular formula is C13H13BrClN3S. The van der Waals surface area contributed by atoms with Crippen LogP contribution in [-0.4, -0.2) is 15.0 Å². The molecule has 0 aliphatic rings. The summed E-state index contributed by atoms with van der Waals surface area (Å²) in [5, 5.41) is 2.23. The Hall–Kier alpha value is -0.650. The van der Waals surface area contributed by atoms with E-state index in [1.165, 1.54) is 11.8 Å². The Bertz CT molecular complexity index is 604. The fraction of sp³-hybridized carbons (Fsp3) is 0.308. The number of pyridine rings is 1. The predicted octanol–water partition coefficient (Wildman–Crippen LogP) is 4.87. The van der Waals surface area contributed by atoms with E-state index in [4.69, 9.17) is 11.6 Å². The third-order valence-corrected chi connectivity index (χ3v) is 4.87. The van der Waals surface area contributed by atoms with Crippen LogP contribution in [0.2, 0.25) is 5.15 Å². The minimum Gasteiger partial charge on any atom is -0.248 e. The van der Waals surface area contributed by atoms with E-state index in [0.717, 1.165) is 25.9 Å². The van der Waals surface area contributed by atoms with Crippen molar-refractivity contribution in [1.29, 1.82) is 0 Å². The second-order valence-corrected chi connectivity index (χ2v) is 6.54. The lowest BCUT2D eigenvalue weighted by atomic mass is 10.2. The summed E-state index contributed by atoms with van der Waals surface area (Å²) in [5.74, 6) is 0.995. The van der Waals surface area contributed by atoms with E-state index in [1.54, 1.807) is 6.20 Å². The van der Waals surface area contributed by atoms with Crippen molar-refractivity contribution in [2.45, 2.75) is 36.7 Å². The summed E-state index contributed by atoms with van der Waals surface area (Å²) < 4.78 is 0.945. The molecule has 0 aromatic carbocycles. The van der Waals surface area contributed by atoms with Gasteiger partial charge in [0.25, 0.3) is 0 Å². The molecular weight excluding hydrogens is 346 g/mol. The Morgan fingerprint density at radius 2 is 2.00 bits per heavy atom. The van der Waals surface area contributed by atoms with E-state index in [1.807, 2.05) is 32.9 Å². The second-order valence-electron chi connectivity index (χ2n) is 4.35. The zero-order valence-corrected chi connectivity index (χ0v) is 14.0. The van der Waals surface area contributed by atoms with Gasteiger partial charge < -0.3 is 0 Å². The summed E-state index contributed by atoms with van der Waals surface area (Å²) in [6.07, 6.45) is 1.76. The first kappa shape index (κ1) is 14.8. The maximum absolute atomic E-state index is 6.17. The van der Waals surface area contributed by atoms with Crippen molar-refractivity contribution < 1.29 is 0 Å². The molecule has 0 saturated carbocycles. The van der Waals surface area contributed by atoms with E-state index in [9.17, 15) is 0 Å². The lowest BCUT2D eigenvalue weighted by Gasteiger charge is -2.10. The van der Waals surface area contributed by atoms with Gasteiger partial charge >= 0.3 is 0 Å². The van der Waals surface area contributed by atoms with Crippen LogP contribution in [-0.2, 0) is 0 Å². The van der Waals surface area contributed by atoms with Gasteiger partial charge in [0, 0.05) is 17.7 Å². The van der Waals surface area contributed by atoms with Crippen LogP contribution in [0.25, 0.3) is 0 Å². The Balaban J connectivity index is 2.42. The van der Waals surface area contributed by atoms with Crippen LogP contribution in [0.5, 0.6) is 0 Å². The number of rotatable bonds is 3. The average Bonchev–Trinajstić information content (AvgIpc) is 2.37. The molecule has 3 nitrogen and oxygen atoms in total. The third-order valence-electron chi connectivity index (χ3n) is 2.49. The predicted molar refractivity (Wildman–Crippen MR) is 81.9 cm³/mol. The number of aromatic nitrogens is 3. The minimum atomic E-state index is 0.240. The smallest absolute Gasteiger partial charge is 0.136 e. The van der Waals surface area contributed by atoms with E-state index in [-0.39, 0.29) is 5.92 Å². The number of hydrogen-bond acceptors (Lipinski definition) is 4. The van der Waals surface area contributed by atoms with Crippen LogP contribution in [0.15, 0.2) is 32.9 Å². The summed E-state index contributed by atoms with van der Waals surface area (Å²) in [6.45, 7) is 6.02. The molecule has 2 rings (SSSR count). The quantitative estimate of drug-likeness (QED) is 0.734. The van der Waals surface area contributed by atoms with Crippen molar-refractivity contribution in [3.05, 3.63) is 39.3 Å². The summed E-state index contributed by atoms with van der Waals surface area (Å²) in [4.78, 5) is 13.2. The van der Waals surface area contributed by atoms with Crippen molar-refractivity contribution in [3.63, 3.8) is 0 Å². The highest BCUT2D eigenvalue weighted by Gasteiger charge is 2.14. The molecule has 0 amide bonds.